The Morgan fingerprint density at radius 3 is 2.79 bits per heavy atom. The van der Waals surface area contributed by atoms with Crippen molar-refractivity contribution in [1.29, 1.82) is 0 Å². The summed E-state index contributed by atoms with van der Waals surface area (Å²) in [5, 5.41) is 2.88. The third-order valence-electron chi connectivity index (χ3n) is 5.53. The van der Waals surface area contributed by atoms with E-state index < -0.39 is 18.1 Å². The zero-order valence-electron chi connectivity index (χ0n) is 15.5. The summed E-state index contributed by atoms with van der Waals surface area (Å²) in [5.41, 5.74) is 0.345. The summed E-state index contributed by atoms with van der Waals surface area (Å²) in [4.78, 5) is 44.1. The molecule has 0 spiro atoms. The minimum atomic E-state index is -1.36. The van der Waals surface area contributed by atoms with Crippen molar-refractivity contribution < 1.29 is 23.5 Å². The summed E-state index contributed by atoms with van der Waals surface area (Å²) < 4.78 is 19.1. The maximum absolute atomic E-state index is 13.6. The number of urea groups is 2. The van der Waals surface area contributed by atoms with Crippen LogP contribution in [0.3, 0.4) is 0 Å². The van der Waals surface area contributed by atoms with Gasteiger partial charge in [-0.2, -0.15) is 4.99 Å². The number of amides is 5. The molecule has 4 aliphatic rings. The molecule has 0 saturated carbocycles. The molecule has 1 aliphatic carbocycles. The van der Waals surface area contributed by atoms with E-state index >= 15 is 0 Å². The number of hydrogen-bond acceptors (Lipinski definition) is 4. The van der Waals surface area contributed by atoms with Crippen LogP contribution in [0.2, 0.25) is 0 Å². The number of carbonyl (C=O) groups is 3. The summed E-state index contributed by atoms with van der Waals surface area (Å²) in [6, 6.07) is -1.14. The number of nitrogens with zero attached hydrogens (tertiary/aromatic N) is 3. The molecule has 3 heterocycles. The van der Waals surface area contributed by atoms with Crippen molar-refractivity contribution in [3.05, 3.63) is 23.8 Å². The molecular weight excluding hydrogens is 367 g/mol. The average Bonchev–Trinajstić information content (AvgIpc) is 3.21. The summed E-state index contributed by atoms with van der Waals surface area (Å²) in [6.07, 6.45) is 5.44. The zero-order valence-corrected chi connectivity index (χ0v) is 15.5. The van der Waals surface area contributed by atoms with Crippen molar-refractivity contribution in [2.75, 3.05) is 26.2 Å². The van der Waals surface area contributed by atoms with Gasteiger partial charge >= 0.3 is 12.1 Å². The number of imide groups is 1. The van der Waals surface area contributed by atoms with Gasteiger partial charge in [-0.05, 0) is 43.9 Å². The first-order valence-corrected chi connectivity index (χ1v) is 9.68. The Labute approximate surface area is 162 Å². The van der Waals surface area contributed by atoms with Gasteiger partial charge < -0.3 is 15.0 Å². The van der Waals surface area contributed by atoms with E-state index in [4.69, 9.17) is 4.74 Å². The smallest absolute Gasteiger partial charge is 0.351 e. The average molecular weight is 390 g/mol. The van der Waals surface area contributed by atoms with Gasteiger partial charge in [0.05, 0.1) is 17.4 Å². The zero-order chi connectivity index (χ0) is 19.7. The van der Waals surface area contributed by atoms with Crippen LogP contribution in [-0.4, -0.2) is 78.0 Å². The minimum Gasteiger partial charge on any atom is -0.376 e. The largest absolute Gasteiger partial charge is 0.376 e. The fraction of sp³-hybridized carbons (Fsp3) is 0.579. The fourth-order valence-corrected chi connectivity index (χ4v) is 3.99. The molecule has 150 valence electrons. The van der Waals surface area contributed by atoms with Gasteiger partial charge in [0.1, 0.15) is 6.17 Å². The summed E-state index contributed by atoms with van der Waals surface area (Å²) in [5.74, 6) is -0.511. The number of piperidine rings is 1. The predicted molar refractivity (Wildman–Crippen MR) is 98.8 cm³/mol. The van der Waals surface area contributed by atoms with E-state index in [2.05, 4.69) is 10.3 Å². The topological polar surface area (TPSA) is 91.3 Å². The number of hydrogen-bond donors (Lipinski definition) is 1. The van der Waals surface area contributed by atoms with Gasteiger partial charge in [-0.3, -0.25) is 9.69 Å². The highest BCUT2D eigenvalue weighted by molar-refractivity contribution is 6.33. The van der Waals surface area contributed by atoms with Crippen LogP contribution in [0, 0.1) is 0 Å². The normalized spacial score (nSPS) is 28.2. The first-order chi connectivity index (χ1) is 13.5. The van der Waals surface area contributed by atoms with Crippen molar-refractivity contribution in [2.45, 2.75) is 44.0 Å². The maximum Gasteiger partial charge on any atom is 0.351 e. The van der Waals surface area contributed by atoms with Crippen molar-refractivity contribution in [2.24, 2.45) is 4.99 Å². The van der Waals surface area contributed by atoms with Gasteiger partial charge in [-0.25, -0.2) is 14.0 Å². The molecule has 2 fully saturated rings. The second-order valence-electron chi connectivity index (χ2n) is 7.38. The highest BCUT2D eigenvalue weighted by Gasteiger charge is 2.39. The molecule has 5 amide bonds. The van der Waals surface area contributed by atoms with Gasteiger partial charge in [0.25, 0.3) is 5.91 Å². The molecule has 1 N–H and O–H groups in total. The van der Waals surface area contributed by atoms with E-state index in [1.807, 2.05) is 0 Å². The molecule has 9 heteroatoms. The molecule has 0 aromatic carbocycles. The van der Waals surface area contributed by atoms with E-state index in [-0.39, 0.29) is 29.5 Å². The van der Waals surface area contributed by atoms with Crippen LogP contribution in [0.25, 0.3) is 0 Å². The number of allylic oxidation sites excluding steroid dienone is 3. The Morgan fingerprint density at radius 2 is 2.07 bits per heavy atom. The number of nitrogens with one attached hydrogen (secondary N) is 1. The van der Waals surface area contributed by atoms with Crippen LogP contribution < -0.4 is 5.32 Å². The second-order valence-corrected chi connectivity index (χ2v) is 7.38. The van der Waals surface area contributed by atoms with Gasteiger partial charge in [0.2, 0.25) is 0 Å². The summed E-state index contributed by atoms with van der Waals surface area (Å²) >= 11 is 0. The summed E-state index contributed by atoms with van der Waals surface area (Å²) in [7, 11) is 0. The molecule has 8 nitrogen and oxygen atoms in total. The molecule has 2 unspecified atom stereocenters. The molecule has 28 heavy (non-hydrogen) atoms. The van der Waals surface area contributed by atoms with Gasteiger partial charge in [0, 0.05) is 32.3 Å². The highest BCUT2D eigenvalue weighted by Crippen LogP contribution is 2.26. The van der Waals surface area contributed by atoms with Crippen molar-refractivity contribution >= 4 is 23.7 Å². The SMILES string of the molecule is O=C(NCC1CCCO1)N1CCC(N2C(=O)N=C3C=CC(F)C=C3C2=O)CC1. The van der Waals surface area contributed by atoms with E-state index in [9.17, 15) is 18.8 Å². The molecule has 0 aromatic heterocycles. The van der Waals surface area contributed by atoms with E-state index in [1.165, 1.54) is 18.2 Å². The predicted octanol–water partition coefficient (Wildman–Crippen LogP) is 1.58. The number of rotatable bonds is 3. The van der Waals surface area contributed by atoms with Crippen LogP contribution in [0.4, 0.5) is 14.0 Å². The maximum atomic E-state index is 13.6. The number of ether oxygens (including phenoxy) is 1. The molecular formula is C19H23FN4O4. The molecule has 0 bridgehead atoms. The molecule has 3 aliphatic heterocycles. The van der Waals surface area contributed by atoms with Crippen molar-refractivity contribution in [3.8, 4) is 0 Å². The lowest BCUT2D eigenvalue weighted by Gasteiger charge is -2.38. The van der Waals surface area contributed by atoms with Crippen LogP contribution in [0.5, 0.6) is 0 Å². The van der Waals surface area contributed by atoms with Crippen LogP contribution in [0.15, 0.2) is 28.8 Å². The van der Waals surface area contributed by atoms with Crippen LogP contribution in [-0.2, 0) is 9.53 Å². The Kier molecular flexibility index (Phi) is 5.25. The van der Waals surface area contributed by atoms with Crippen LogP contribution >= 0.6 is 0 Å². The minimum absolute atomic E-state index is 0.0780. The lowest BCUT2D eigenvalue weighted by molar-refractivity contribution is -0.126. The van der Waals surface area contributed by atoms with Gasteiger partial charge in [-0.15, -0.1) is 0 Å². The van der Waals surface area contributed by atoms with E-state index in [0.29, 0.717) is 32.5 Å². The van der Waals surface area contributed by atoms with E-state index in [1.54, 1.807) is 4.90 Å². The quantitative estimate of drug-likeness (QED) is 0.792. The lowest BCUT2D eigenvalue weighted by atomic mass is 9.96. The Hall–Kier alpha value is -2.55. The molecule has 4 rings (SSSR count). The lowest BCUT2D eigenvalue weighted by Crippen LogP contribution is -2.54. The van der Waals surface area contributed by atoms with Crippen molar-refractivity contribution in [1.82, 2.24) is 15.1 Å². The number of fused-ring (bicyclic) bond motifs is 1. The van der Waals surface area contributed by atoms with Gasteiger partial charge in [0.15, 0.2) is 0 Å². The highest BCUT2D eigenvalue weighted by atomic mass is 19.1. The third-order valence-corrected chi connectivity index (χ3v) is 5.53. The molecule has 0 radical (unpaired) electrons. The number of aliphatic imine (C=N–C) groups is 1. The van der Waals surface area contributed by atoms with Crippen molar-refractivity contribution in [3.63, 3.8) is 0 Å². The number of carbonyl (C=O) groups excluding carboxylic acids is 3. The number of halogens is 1. The van der Waals surface area contributed by atoms with E-state index in [0.717, 1.165) is 24.3 Å². The molecule has 2 saturated heterocycles. The first-order valence-electron chi connectivity index (χ1n) is 9.68. The Balaban J connectivity index is 1.34. The standard InChI is InChI=1S/C19H23FN4O4/c20-12-3-4-16-15(10-12)17(25)24(19(27)22-16)13-5-7-23(8-6-13)18(26)21-11-14-2-1-9-28-14/h3-4,10,12-14H,1-2,5-9,11H2,(H,21,26). The summed E-state index contributed by atoms with van der Waals surface area (Å²) in [6.45, 7) is 2.09. The fourth-order valence-electron chi connectivity index (χ4n) is 3.99. The Bertz CT molecular complexity index is 764. The van der Waals surface area contributed by atoms with Gasteiger partial charge in [-0.1, -0.05) is 0 Å². The number of likely N-dealkylation sites (tertiary alicyclic amines) is 1. The first kappa shape index (κ1) is 18.8. The second kappa shape index (κ2) is 7.83. The number of alkyl halides is 1. The Morgan fingerprint density at radius 1 is 1.29 bits per heavy atom. The molecule has 2 atom stereocenters. The third kappa shape index (κ3) is 3.71. The monoisotopic (exact) mass is 390 g/mol. The molecule has 0 aromatic rings. The van der Waals surface area contributed by atoms with Crippen LogP contribution in [0.1, 0.15) is 25.7 Å².